The second-order valence-corrected chi connectivity index (χ2v) is 9.23. The molecule has 2 aromatic carbocycles. The zero-order chi connectivity index (χ0) is 27.7. The minimum atomic E-state index is -0.833. The van der Waals surface area contributed by atoms with Crippen molar-refractivity contribution in [1.82, 2.24) is 15.0 Å². The minimum Gasteiger partial charge on any atom is -0.504 e. The predicted octanol–water partition coefficient (Wildman–Crippen LogP) is 4.43. The van der Waals surface area contributed by atoms with E-state index in [1.54, 1.807) is 12.1 Å². The van der Waals surface area contributed by atoms with Crippen molar-refractivity contribution in [2.75, 3.05) is 49.1 Å². The summed E-state index contributed by atoms with van der Waals surface area (Å²) >= 11 is 9.65. The molecule has 1 fully saturated rings. The number of hydrogen-bond donors (Lipinski definition) is 4. The summed E-state index contributed by atoms with van der Waals surface area (Å²) in [6, 6.07) is 8.99. The van der Waals surface area contributed by atoms with Crippen molar-refractivity contribution < 1.29 is 24.5 Å². The monoisotopic (exact) mass is 607 g/mol. The number of nitrogens with zero attached hydrogens (tertiary/aromatic N) is 5. The van der Waals surface area contributed by atoms with Crippen LogP contribution in [0.4, 0.5) is 23.5 Å². The number of rotatable bonds is 7. The standard InChI is InChI=1S/C22H23BrClN7O3.C2H4O2/c1-13-3-4-16(11-17(13)24)26-20-27-21(29-22(28-20)31-5-7-34-8-6-31)30-25-12-14-9-15(23)10-18(33-2)19(14)32;1-2(3)4/h3-4,9-12,32H,5-8H2,1-2H3,(H2,26,27,28,29,30);1H3,(H,3,4)/b25-12-;. The third-order valence-electron chi connectivity index (χ3n) is 5.00. The Morgan fingerprint density at radius 1 is 1.21 bits per heavy atom. The molecular weight excluding hydrogens is 582 g/mol. The first-order valence-corrected chi connectivity index (χ1v) is 12.5. The third-order valence-corrected chi connectivity index (χ3v) is 5.87. The molecule has 0 unspecified atom stereocenters. The molecule has 14 heteroatoms. The number of aromatic nitrogens is 3. The van der Waals surface area contributed by atoms with Crippen LogP contribution in [0.5, 0.6) is 11.5 Å². The summed E-state index contributed by atoms with van der Waals surface area (Å²) in [5, 5.41) is 25.8. The van der Waals surface area contributed by atoms with Gasteiger partial charge in [0.2, 0.25) is 17.8 Å². The zero-order valence-electron chi connectivity index (χ0n) is 20.9. The lowest BCUT2D eigenvalue weighted by molar-refractivity contribution is -0.134. The maximum atomic E-state index is 10.3. The summed E-state index contributed by atoms with van der Waals surface area (Å²) in [5.74, 6) is 0.521. The van der Waals surface area contributed by atoms with Gasteiger partial charge >= 0.3 is 0 Å². The van der Waals surface area contributed by atoms with Gasteiger partial charge < -0.3 is 29.9 Å². The molecule has 1 aliphatic heterocycles. The highest BCUT2D eigenvalue weighted by molar-refractivity contribution is 9.10. The smallest absolute Gasteiger partial charge is 0.300 e. The summed E-state index contributed by atoms with van der Waals surface area (Å²) in [6.45, 7) is 5.52. The van der Waals surface area contributed by atoms with Gasteiger partial charge in [-0.25, -0.2) is 5.43 Å². The number of methoxy groups -OCH3 is 1. The molecule has 0 aliphatic carbocycles. The van der Waals surface area contributed by atoms with Gasteiger partial charge in [-0.05, 0) is 36.8 Å². The van der Waals surface area contributed by atoms with Crippen LogP contribution in [0.25, 0.3) is 0 Å². The number of ether oxygens (including phenoxy) is 2. The van der Waals surface area contributed by atoms with Gasteiger partial charge in [-0.1, -0.05) is 33.6 Å². The van der Waals surface area contributed by atoms with Crippen LogP contribution in [0.2, 0.25) is 5.02 Å². The molecule has 1 saturated heterocycles. The Labute approximate surface area is 232 Å². The molecule has 0 amide bonds. The maximum Gasteiger partial charge on any atom is 0.300 e. The van der Waals surface area contributed by atoms with E-state index in [9.17, 15) is 5.11 Å². The van der Waals surface area contributed by atoms with Crippen molar-refractivity contribution in [2.24, 2.45) is 5.10 Å². The molecule has 4 rings (SSSR count). The number of anilines is 4. The van der Waals surface area contributed by atoms with E-state index in [0.29, 0.717) is 54.5 Å². The van der Waals surface area contributed by atoms with E-state index >= 15 is 0 Å². The summed E-state index contributed by atoms with van der Waals surface area (Å²) < 4.78 is 11.3. The summed E-state index contributed by atoms with van der Waals surface area (Å²) in [7, 11) is 1.48. The fourth-order valence-electron chi connectivity index (χ4n) is 3.18. The molecule has 0 atom stereocenters. The van der Waals surface area contributed by atoms with Gasteiger partial charge in [0.1, 0.15) is 0 Å². The molecule has 4 N–H and O–H groups in total. The highest BCUT2D eigenvalue weighted by atomic mass is 79.9. The Balaban J connectivity index is 0.000000934. The number of carbonyl (C=O) groups is 1. The van der Waals surface area contributed by atoms with E-state index in [1.807, 2.05) is 30.0 Å². The molecule has 12 nitrogen and oxygen atoms in total. The van der Waals surface area contributed by atoms with Crippen molar-refractivity contribution in [2.45, 2.75) is 13.8 Å². The average Bonchev–Trinajstić information content (AvgIpc) is 2.88. The number of morpholine rings is 1. The van der Waals surface area contributed by atoms with Gasteiger partial charge in [0.15, 0.2) is 11.5 Å². The fourth-order valence-corrected chi connectivity index (χ4v) is 3.82. The summed E-state index contributed by atoms with van der Waals surface area (Å²) in [5.41, 5.74) is 4.99. The Morgan fingerprint density at radius 3 is 2.55 bits per heavy atom. The Bertz CT molecular complexity index is 1300. The Morgan fingerprint density at radius 2 is 1.89 bits per heavy atom. The van der Waals surface area contributed by atoms with Gasteiger partial charge in [0, 0.05) is 40.8 Å². The van der Waals surface area contributed by atoms with Crippen molar-refractivity contribution in [3.63, 3.8) is 0 Å². The average molecular weight is 609 g/mol. The number of halogens is 2. The number of benzene rings is 2. The third kappa shape index (κ3) is 8.43. The van der Waals surface area contributed by atoms with Crippen molar-refractivity contribution in [3.05, 3.63) is 51.0 Å². The number of nitrogens with one attached hydrogen (secondary N) is 2. The quantitative estimate of drug-likeness (QED) is 0.222. The molecule has 0 radical (unpaired) electrons. The number of carboxylic acids is 1. The summed E-state index contributed by atoms with van der Waals surface area (Å²) in [4.78, 5) is 24.5. The van der Waals surface area contributed by atoms with E-state index in [0.717, 1.165) is 22.6 Å². The molecule has 0 spiro atoms. The topological polar surface area (TPSA) is 154 Å². The van der Waals surface area contributed by atoms with Crippen LogP contribution in [0.15, 0.2) is 39.9 Å². The van der Waals surface area contributed by atoms with Gasteiger partial charge in [0.05, 0.1) is 26.5 Å². The molecule has 2 heterocycles. The molecule has 38 heavy (non-hydrogen) atoms. The SMILES string of the molecule is CC(=O)O.COc1cc(Br)cc(/C=N\Nc2nc(Nc3ccc(C)c(Cl)c3)nc(N3CCOCC3)n2)c1O. The molecule has 0 bridgehead atoms. The number of hydrogen-bond acceptors (Lipinski definition) is 11. The van der Waals surface area contributed by atoms with Gasteiger partial charge in [-0.3, -0.25) is 4.79 Å². The van der Waals surface area contributed by atoms with Crippen LogP contribution >= 0.6 is 27.5 Å². The molecule has 1 aromatic heterocycles. The second kappa shape index (κ2) is 13.7. The first-order chi connectivity index (χ1) is 18.2. The van der Waals surface area contributed by atoms with E-state index in [4.69, 9.17) is 31.0 Å². The van der Waals surface area contributed by atoms with Crippen LogP contribution in [0.1, 0.15) is 18.1 Å². The van der Waals surface area contributed by atoms with Crippen LogP contribution in [0, 0.1) is 6.92 Å². The van der Waals surface area contributed by atoms with Crippen molar-refractivity contribution in [3.8, 4) is 11.5 Å². The van der Waals surface area contributed by atoms with E-state index in [-0.39, 0.29) is 11.7 Å². The highest BCUT2D eigenvalue weighted by Gasteiger charge is 2.17. The number of phenols is 1. The van der Waals surface area contributed by atoms with Crippen LogP contribution in [0.3, 0.4) is 0 Å². The predicted molar refractivity (Wildman–Crippen MR) is 149 cm³/mol. The second-order valence-electron chi connectivity index (χ2n) is 7.91. The maximum absolute atomic E-state index is 10.3. The van der Waals surface area contributed by atoms with E-state index < -0.39 is 5.97 Å². The first-order valence-electron chi connectivity index (χ1n) is 11.3. The van der Waals surface area contributed by atoms with Gasteiger partial charge in [-0.2, -0.15) is 20.1 Å². The fraction of sp³-hybridized carbons (Fsp3) is 0.292. The summed E-state index contributed by atoms with van der Waals surface area (Å²) in [6.07, 6.45) is 1.45. The lowest BCUT2D eigenvalue weighted by Crippen LogP contribution is -2.37. The first kappa shape index (κ1) is 28.9. The Kier molecular flexibility index (Phi) is 10.4. The van der Waals surface area contributed by atoms with Gasteiger partial charge in [-0.15, -0.1) is 0 Å². The lowest BCUT2D eigenvalue weighted by Gasteiger charge is -2.27. The number of hydrazone groups is 1. The number of carboxylic acid groups (broad SMARTS) is 1. The van der Waals surface area contributed by atoms with Crippen molar-refractivity contribution >= 4 is 63.2 Å². The van der Waals surface area contributed by atoms with Crippen LogP contribution in [-0.2, 0) is 9.53 Å². The number of phenolic OH excluding ortho intramolecular Hbond substituents is 1. The van der Waals surface area contributed by atoms with Crippen LogP contribution < -0.4 is 20.4 Å². The lowest BCUT2D eigenvalue weighted by atomic mass is 10.2. The van der Waals surface area contributed by atoms with Crippen molar-refractivity contribution in [1.29, 1.82) is 0 Å². The van der Waals surface area contributed by atoms with E-state index in [2.05, 4.69) is 46.7 Å². The molecule has 0 saturated carbocycles. The number of aromatic hydroxyl groups is 1. The van der Waals surface area contributed by atoms with Crippen LogP contribution in [-0.4, -0.2) is 70.8 Å². The molecular formula is C24H27BrClN7O5. The molecule has 3 aromatic rings. The number of aliphatic carboxylic acids is 1. The largest absolute Gasteiger partial charge is 0.504 e. The highest BCUT2D eigenvalue weighted by Crippen LogP contribution is 2.32. The minimum absolute atomic E-state index is 0.0282. The van der Waals surface area contributed by atoms with E-state index in [1.165, 1.54) is 13.3 Å². The normalized spacial score (nSPS) is 13.0. The zero-order valence-corrected chi connectivity index (χ0v) is 23.2. The Hall–Kier alpha value is -3.68. The molecule has 1 aliphatic rings. The number of aryl methyl sites for hydroxylation is 1. The van der Waals surface area contributed by atoms with Gasteiger partial charge in [0.25, 0.3) is 5.97 Å². The molecule has 202 valence electrons.